The smallest absolute Gasteiger partial charge is 0.0714 e. The van der Waals surface area contributed by atoms with E-state index < -0.39 is 5.41 Å². The normalized spacial score (nSPS) is 13.9. The van der Waals surface area contributed by atoms with E-state index in [4.69, 9.17) is 0 Å². The molecule has 1 heterocycles. The molecular formula is C51H37NS. The Morgan fingerprint density at radius 2 is 1.23 bits per heavy atom. The first-order valence-electron chi connectivity index (χ1n) is 18.0. The van der Waals surface area contributed by atoms with E-state index in [9.17, 15) is 0 Å². The van der Waals surface area contributed by atoms with Gasteiger partial charge in [0.1, 0.15) is 0 Å². The highest BCUT2D eigenvalue weighted by Gasteiger charge is 2.46. The fourth-order valence-electron chi connectivity index (χ4n) is 8.37. The highest BCUT2D eigenvalue weighted by atomic mass is 32.1. The minimum atomic E-state index is -0.525. The highest BCUT2D eigenvalue weighted by molar-refractivity contribution is 7.26. The van der Waals surface area contributed by atoms with Gasteiger partial charge in [0.25, 0.3) is 0 Å². The maximum atomic E-state index is 4.09. The van der Waals surface area contributed by atoms with E-state index in [1.54, 1.807) is 0 Å². The van der Waals surface area contributed by atoms with Crippen molar-refractivity contribution in [3.8, 4) is 11.1 Å². The highest BCUT2D eigenvalue weighted by Crippen LogP contribution is 2.57. The molecule has 53 heavy (non-hydrogen) atoms. The van der Waals surface area contributed by atoms with Crippen LogP contribution in [0.2, 0.25) is 0 Å². The Bertz CT molecular complexity index is 2780. The van der Waals surface area contributed by atoms with Gasteiger partial charge >= 0.3 is 0 Å². The van der Waals surface area contributed by atoms with Crippen molar-refractivity contribution >= 4 is 54.7 Å². The van der Waals surface area contributed by atoms with Gasteiger partial charge in [-0.15, -0.1) is 11.3 Å². The van der Waals surface area contributed by atoms with E-state index in [1.807, 2.05) is 29.6 Å². The molecule has 1 aliphatic rings. The monoisotopic (exact) mass is 695 g/mol. The van der Waals surface area contributed by atoms with Crippen molar-refractivity contribution in [3.63, 3.8) is 0 Å². The summed E-state index contributed by atoms with van der Waals surface area (Å²) < 4.78 is 2.53. The average molecular weight is 696 g/mol. The van der Waals surface area contributed by atoms with Gasteiger partial charge in [0.15, 0.2) is 0 Å². The SMILES string of the molecule is C=C/C=C/C(=c1/cccc/c1=C\C=C)N(c1ccc2c(c1)C(c1ccccc1)(c1ccccc1)c1ccccc1-2)c1cccc2sc3ccccc3c12. The quantitative estimate of drug-likeness (QED) is 0.143. The maximum Gasteiger partial charge on any atom is 0.0714 e. The zero-order valence-electron chi connectivity index (χ0n) is 29.3. The maximum absolute atomic E-state index is 4.09. The molecular weight excluding hydrogens is 659 g/mol. The third-order valence-corrected chi connectivity index (χ3v) is 11.6. The molecule has 0 bridgehead atoms. The van der Waals surface area contributed by atoms with Crippen LogP contribution in [-0.4, -0.2) is 0 Å². The van der Waals surface area contributed by atoms with Crippen LogP contribution in [0.1, 0.15) is 22.3 Å². The summed E-state index contributed by atoms with van der Waals surface area (Å²) in [6.07, 6.45) is 10.0. The van der Waals surface area contributed by atoms with Crippen LogP contribution in [0.25, 0.3) is 43.1 Å². The van der Waals surface area contributed by atoms with E-state index in [0.29, 0.717) is 0 Å². The van der Waals surface area contributed by atoms with Gasteiger partial charge < -0.3 is 4.90 Å². The first kappa shape index (κ1) is 32.4. The number of benzene rings is 7. The molecule has 252 valence electrons. The lowest BCUT2D eigenvalue weighted by molar-refractivity contribution is 0.768. The number of rotatable bonds is 8. The van der Waals surface area contributed by atoms with Gasteiger partial charge in [0.05, 0.1) is 16.8 Å². The summed E-state index contributed by atoms with van der Waals surface area (Å²) in [7, 11) is 0. The van der Waals surface area contributed by atoms with E-state index in [0.717, 1.165) is 27.5 Å². The fraction of sp³-hybridized carbons (Fsp3) is 0.0196. The molecule has 0 radical (unpaired) electrons. The number of thiophene rings is 1. The molecule has 0 unspecified atom stereocenters. The van der Waals surface area contributed by atoms with E-state index in [-0.39, 0.29) is 0 Å². The summed E-state index contributed by atoms with van der Waals surface area (Å²) in [6, 6.07) is 62.1. The molecule has 0 spiro atoms. The number of allylic oxidation sites excluding steroid dienone is 3. The molecule has 0 saturated heterocycles. The molecule has 8 aromatic rings. The molecule has 0 N–H and O–H groups in total. The topological polar surface area (TPSA) is 3.24 Å². The third-order valence-electron chi connectivity index (χ3n) is 10.5. The lowest BCUT2D eigenvalue weighted by Crippen LogP contribution is -2.32. The van der Waals surface area contributed by atoms with Gasteiger partial charge in [-0.1, -0.05) is 177 Å². The van der Waals surface area contributed by atoms with Crippen LogP contribution in [0, 0.1) is 0 Å². The van der Waals surface area contributed by atoms with Crippen LogP contribution in [0.5, 0.6) is 0 Å². The summed E-state index contributed by atoms with van der Waals surface area (Å²) in [5.74, 6) is 0. The minimum Gasteiger partial charge on any atom is -0.309 e. The second-order valence-electron chi connectivity index (χ2n) is 13.3. The predicted octanol–water partition coefficient (Wildman–Crippen LogP) is 12.1. The van der Waals surface area contributed by atoms with Crippen LogP contribution in [0.3, 0.4) is 0 Å². The Labute approximate surface area is 314 Å². The molecule has 2 heteroatoms. The lowest BCUT2D eigenvalue weighted by Gasteiger charge is -2.35. The Morgan fingerprint density at radius 1 is 0.566 bits per heavy atom. The molecule has 0 aliphatic heterocycles. The molecule has 7 aromatic carbocycles. The molecule has 0 saturated carbocycles. The second kappa shape index (κ2) is 13.6. The Morgan fingerprint density at radius 3 is 2.00 bits per heavy atom. The van der Waals surface area contributed by atoms with Crippen molar-refractivity contribution in [1.29, 1.82) is 0 Å². The van der Waals surface area contributed by atoms with Gasteiger partial charge in [-0.25, -0.2) is 0 Å². The molecule has 1 nitrogen and oxygen atoms in total. The van der Waals surface area contributed by atoms with Crippen LogP contribution >= 0.6 is 11.3 Å². The number of hydrogen-bond acceptors (Lipinski definition) is 2. The first-order valence-corrected chi connectivity index (χ1v) is 18.8. The van der Waals surface area contributed by atoms with Crippen LogP contribution in [-0.2, 0) is 5.41 Å². The summed E-state index contributed by atoms with van der Waals surface area (Å²) in [5, 5.41) is 4.68. The predicted molar refractivity (Wildman–Crippen MR) is 228 cm³/mol. The number of anilines is 2. The van der Waals surface area contributed by atoms with Gasteiger partial charge in [-0.05, 0) is 75.0 Å². The standard InChI is InChI=1S/C51H37NS/c1-3-5-29-46(40-25-13-12-20-36(40)19-4-2)52(47-30-18-32-49-50(47)43-27-15-17-31-48(43)53-49)39-33-34-42-41-26-14-16-28-44(41)51(45(42)35-39,37-21-8-6-9-22-37)38-23-10-7-11-24-38/h3-35H,1-2H2/b29-5+,36-19+,46-40+. The Kier molecular flexibility index (Phi) is 8.31. The van der Waals surface area contributed by atoms with Gasteiger partial charge in [-0.3, -0.25) is 0 Å². The van der Waals surface area contributed by atoms with Gasteiger partial charge in [0.2, 0.25) is 0 Å². The Hall–Kier alpha value is -6.48. The van der Waals surface area contributed by atoms with Crippen molar-refractivity contribution in [2.45, 2.75) is 5.41 Å². The van der Waals surface area contributed by atoms with Crippen molar-refractivity contribution in [2.24, 2.45) is 0 Å². The summed E-state index contributed by atoms with van der Waals surface area (Å²) in [4.78, 5) is 2.46. The van der Waals surface area contributed by atoms with Crippen molar-refractivity contribution in [1.82, 2.24) is 0 Å². The molecule has 0 amide bonds. The number of fused-ring (bicyclic) bond motifs is 6. The Balaban J connectivity index is 1.44. The number of hydrogen-bond donors (Lipinski definition) is 0. The van der Waals surface area contributed by atoms with Crippen LogP contribution in [0.15, 0.2) is 207 Å². The molecule has 9 rings (SSSR count). The second-order valence-corrected chi connectivity index (χ2v) is 14.4. The van der Waals surface area contributed by atoms with Gasteiger partial charge in [0, 0.05) is 31.1 Å². The molecule has 1 aromatic heterocycles. The van der Waals surface area contributed by atoms with Crippen molar-refractivity contribution in [2.75, 3.05) is 4.90 Å². The summed E-state index contributed by atoms with van der Waals surface area (Å²) in [6.45, 7) is 8.16. The summed E-state index contributed by atoms with van der Waals surface area (Å²) >= 11 is 1.84. The molecule has 0 fully saturated rings. The van der Waals surface area contributed by atoms with Crippen molar-refractivity contribution in [3.05, 3.63) is 240 Å². The number of nitrogens with zero attached hydrogens (tertiary/aromatic N) is 1. The largest absolute Gasteiger partial charge is 0.309 e. The first-order chi connectivity index (χ1) is 26.2. The van der Waals surface area contributed by atoms with Crippen molar-refractivity contribution < 1.29 is 0 Å². The van der Waals surface area contributed by atoms with E-state index in [1.165, 1.54) is 53.6 Å². The fourth-order valence-corrected chi connectivity index (χ4v) is 9.50. The van der Waals surface area contributed by atoms with E-state index in [2.05, 4.69) is 200 Å². The zero-order chi connectivity index (χ0) is 35.8. The third kappa shape index (κ3) is 5.22. The van der Waals surface area contributed by atoms with Crippen LogP contribution < -0.4 is 15.3 Å². The lowest BCUT2D eigenvalue weighted by atomic mass is 9.67. The summed E-state index contributed by atoms with van der Waals surface area (Å²) in [5.41, 5.74) is 10.3. The molecule has 0 atom stereocenters. The van der Waals surface area contributed by atoms with Gasteiger partial charge in [-0.2, -0.15) is 0 Å². The zero-order valence-corrected chi connectivity index (χ0v) is 30.1. The average Bonchev–Trinajstić information content (AvgIpc) is 3.75. The minimum absolute atomic E-state index is 0.525. The molecule has 1 aliphatic carbocycles. The van der Waals surface area contributed by atoms with E-state index >= 15 is 0 Å². The van der Waals surface area contributed by atoms with Crippen LogP contribution in [0.4, 0.5) is 11.4 Å².